The van der Waals surface area contributed by atoms with E-state index in [0.717, 1.165) is 11.8 Å². The lowest BCUT2D eigenvalue weighted by atomic mass is 10.3. The molecule has 74 valence electrons. The number of hydrogen-bond donors (Lipinski definition) is 2. The minimum Gasteiger partial charge on any atom is -0.449 e. The van der Waals surface area contributed by atoms with Gasteiger partial charge < -0.3 is 15.6 Å². The predicted molar refractivity (Wildman–Crippen MR) is 50.5 cm³/mol. The van der Waals surface area contributed by atoms with Gasteiger partial charge in [-0.3, -0.25) is 4.79 Å². The average Bonchev–Trinajstić information content (AvgIpc) is 2.06. The molecule has 0 radical (unpaired) electrons. The van der Waals surface area contributed by atoms with E-state index >= 15 is 0 Å². The Morgan fingerprint density at radius 1 is 1.29 bits per heavy atom. The summed E-state index contributed by atoms with van der Waals surface area (Å²) < 4.78 is 4.37. The first-order chi connectivity index (χ1) is 6.58. The van der Waals surface area contributed by atoms with Crippen LogP contribution in [-0.4, -0.2) is 16.5 Å². The smallest absolute Gasteiger partial charge is 0.449 e. The highest BCUT2D eigenvalue weighted by molar-refractivity contribution is 8.13. The summed E-state index contributed by atoms with van der Waals surface area (Å²) in [6, 6.07) is 5.99. The standard InChI is InChI=1S/C8H7NO4S/c9-7(10)14-6-3-1-5(2-4-6)13-8(11)12/h1-4H,(H2,9,10)(H,11,12). The molecule has 0 aromatic heterocycles. The highest BCUT2D eigenvalue weighted by atomic mass is 32.2. The van der Waals surface area contributed by atoms with Crippen LogP contribution in [0.15, 0.2) is 29.2 Å². The number of benzene rings is 1. The van der Waals surface area contributed by atoms with Crippen molar-refractivity contribution in [3.63, 3.8) is 0 Å². The number of carbonyl (C=O) groups is 2. The van der Waals surface area contributed by atoms with Crippen molar-refractivity contribution in [3.8, 4) is 5.75 Å². The van der Waals surface area contributed by atoms with Gasteiger partial charge in [-0.15, -0.1) is 0 Å². The van der Waals surface area contributed by atoms with Crippen LogP contribution in [0, 0.1) is 0 Å². The van der Waals surface area contributed by atoms with Gasteiger partial charge in [0.1, 0.15) is 5.75 Å². The van der Waals surface area contributed by atoms with E-state index in [1.54, 1.807) is 12.1 Å². The van der Waals surface area contributed by atoms with Gasteiger partial charge in [-0.05, 0) is 36.0 Å². The molecular weight excluding hydrogens is 206 g/mol. The van der Waals surface area contributed by atoms with Gasteiger partial charge in [0, 0.05) is 4.90 Å². The number of amides is 1. The van der Waals surface area contributed by atoms with E-state index in [-0.39, 0.29) is 5.75 Å². The van der Waals surface area contributed by atoms with Gasteiger partial charge in [-0.25, -0.2) is 4.79 Å². The summed E-state index contributed by atoms with van der Waals surface area (Å²) in [4.78, 5) is 21.3. The molecule has 1 amide bonds. The highest BCUT2D eigenvalue weighted by Gasteiger charge is 2.02. The topological polar surface area (TPSA) is 89.6 Å². The first kappa shape index (κ1) is 10.4. The SMILES string of the molecule is NC(=O)Sc1ccc(OC(=O)O)cc1. The lowest BCUT2D eigenvalue weighted by Gasteiger charge is -2.00. The Labute approximate surface area is 83.9 Å². The van der Waals surface area contributed by atoms with Crippen LogP contribution in [0.5, 0.6) is 5.75 Å². The number of hydrogen-bond acceptors (Lipinski definition) is 4. The molecule has 0 atom stereocenters. The summed E-state index contributed by atoms with van der Waals surface area (Å²) in [6.07, 6.45) is -1.37. The van der Waals surface area contributed by atoms with Crippen LogP contribution in [0.25, 0.3) is 0 Å². The van der Waals surface area contributed by atoms with Crippen molar-refractivity contribution in [2.45, 2.75) is 4.90 Å². The molecule has 0 aliphatic heterocycles. The fraction of sp³-hybridized carbons (Fsp3) is 0. The normalized spacial score (nSPS) is 9.43. The second kappa shape index (κ2) is 4.52. The Morgan fingerprint density at radius 3 is 2.29 bits per heavy atom. The number of nitrogens with two attached hydrogens (primary N) is 1. The minimum absolute atomic E-state index is 0.200. The third kappa shape index (κ3) is 3.36. The summed E-state index contributed by atoms with van der Waals surface area (Å²) in [5.74, 6) is 0.200. The zero-order valence-corrected chi connectivity index (χ0v) is 7.78. The van der Waals surface area contributed by atoms with Crippen molar-refractivity contribution in [2.24, 2.45) is 5.73 Å². The summed E-state index contributed by atoms with van der Waals surface area (Å²) >= 11 is 0.862. The molecule has 1 rings (SSSR count). The fourth-order valence-corrected chi connectivity index (χ4v) is 1.30. The van der Waals surface area contributed by atoms with Crippen LogP contribution >= 0.6 is 11.8 Å². The van der Waals surface area contributed by atoms with Crippen molar-refractivity contribution in [2.75, 3.05) is 0 Å². The minimum atomic E-state index is -1.37. The Hall–Kier alpha value is -1.69. The fourth-order valence-electron chi connectivity index (χ4n) is 0.793. The number of thioether (sulfide) groups is 1. The number of carbonyl (C=O) groups excluding carboxylic acids is 1. The van der Waals surface area contributed by atoms with Gasteiger partial charge in [0.15, 0.2) is 0 Å². The number of ether oxygens (including phenoxy) is 1. The molecule has 1 aromatic carbocycles. The van der Waals surface area contributed by atoms with Crippen molar-refractivity contribution in [1.29, 1.82) is 0 Å². The van der Waals surface area contributed by atoms with Crippen LogP contribution in [0.4, 0.5) is 9.59 Å². The van der Waals surface area contributed by atoms with Gasteiger partial charge in [0.05, 0.1) is 0 Å². The molecule has 0 aliphatic rings. The lowest BCUT2D eigenvalue weighted by Crippen LogP contribution is -2.03. The van der Waals surface area contributed by atoms with Gasteiger partial charge in [-0.1, -0.05) is 0 Å². The molecule has 0 saturated heterocycles. The van der Waals surface area contributed by atoms with Gasteiger partial charge in [0.2, 0.25) is 0 Å². The average molecular weight is 213 g/mol. The van der Waals surface area contributed by atoms with Gasteiger partial charge in [-0.2, -0.15) is 0 Å². The Morgan fingerprint density at radius 2 is 1.86 bits per heavy atom. The highest BCUT2D eigenvalue weighted by Crippen LogP contribution is 2.21. The molecule has 0 aliphatic carbocycles. The second-order valence-corrected chi connectivity index (χ2v) is 3.34. The molecule has 1 aromatic rings. The van der Waals surface area contributed by atoms with E-state index < -0.39 is 11.4 Å². The van der Waals surface area contributed by atoms with Gasteiger partial charge >= 0.3 is 6.16 Å². The van der Waals surface area contributed by atoms with Crippen molar-refractivity contribution >= 4 is 23.2 Å². The lowest BCUT2D eigenvalue weighted by molar-refractivity contribution is 0.144. The van der Waals surface area contributed by atoms with Crippen LogP contribution < -0.4 is 10.5 Å². The Bertz CT molecular complexity index is 314. The van der Waals surface area contributed by atoms with E-state index in [0.29, 0.717) is 4.90 Å². The largest absolute Gasteiger partial charge is 0.511 e. The van der Waals surface area contributed by atoms with Crippen molar-refractivity contribution in [3.05, 3.63) is 24.3 Å². The first-order valence-corrected chi connectivity index (χ1v) is 4.37. The summed E-state index contributed by atoms with van der Waals surface area (Å²) in [5.41, 5.74) is 4.94. The molecule has 0 fully saturated rings. The Balaban J connectivity index is 2.68. The second-order valence-electron chi connectivity index (χ2n) is 2.26. The third-order valence-corrected chi connectivity index (χ3v) is 1.96. The maximum atomic E-state index is 10.5. The summed E-state index contributed by atoms with van der Waals surface area (Å²) in [7, 11) is 0. The van der Waals surface area contributed by atoms with E-state index in [2.05, 4.69) is 4.74 Å². The monoisotopic (exact) mass is 213 g/mol. The first-order valence-electron chi connectivity index (χ1n) is 3.56. The van der Waals surface area contributed by atoms with Gasteiger partial charge in [0.25, 0.3) is 5.24 Å². The number of carboxylic acid groups (broad SMARTS) is 1. The van der Waals surface area contributed by atoms with Crippen molar-refractivity contribution in [1.82, 2.24) is 0 Å². The molecule has 0 spiro atoms. The number of primary amides is 1. The quantitative estimate of drug-likeness (QED) is 0.445. The molecule has 0 saturated carbocycles. The number of rotatable bonds is 2. The van der Waals surface area contributed by atoms with E-state index in [1.165, 1.54) is 12.1 Å². The zero-order valence-electron chi connectivity index (χ0n) is 6.97. The van der Waals surface area contributed by atoms with Crippen LogP contribution in [0.2, 0.25) is 0 Å². The van der Waals surface area contributed by atoms with Crippen LogP contribution in [0.1, 0.15) is 0 Å². The molecule has 0 unspecified atom stereocenters. The van der Waals surface area contributed by atoms with E-state index in [9.17, 15) is 9.59 Å². The maximum absolute atomic E-state index is 10.5. The molecule has 0 heterocycles. The third-order valence-electron chi connectivity index (χ3n) is 1.25. The van der Waals surface area contributed by atoms with Crippen molar-refractivity contribution < 1.29 is 19.4 Å². The molecule has 6 heteroatoms. The van der Waals surface area contributed by atoms with E-state index in [4.69, 9.17) is 10.8 Å². The molecular formula is C8H7NO4S. The molecule has 0 bridgehead atoms. The van der Waals surface area contributed by atoms with E-state index in [1.807, 2.05) is 0 Å². The zero-order chi connectivity index (χ0) is 10.6. The molecule has 14 heavy (non-hydrogen) atoms. The molecule has 3 N–H and O–H groups in total. The van der Waals surface area contributed by atoms with Crippen LogP contribution in [0.3, 0.4) is 0 Å². The summed E-state index contributed by atoms with van der Waals surface area (Å²) in [6.45, 7) is 0. The maximum Gasteiger partial charge on any atom is 0.511 e. The Kier molecular flexibility index (Phi) is 3.35. The van der Waals surface area contributed by atoms with Crippen LogP contribution in [-0.2, 0) is 0 Å². The summed E-state index contributed by atoms with van der Waals surface area (Å²) in [5, 5.41) is 7.76. The molecule has 5 nitrogen and oxygen atoms in total. The predicted octanol–water partition coefficient (Wildman–Crippen LogP) is 1.91.